The molecule has 0 heterocycles. The zero-order valence-corrected chi connectivity index (χ0v) is 15.2. The van der Waals surface area contributed by atoms with E-state index in [2.05, 4.69) is 83.1 Å². The normalized spacial score (nSPS) is 12.1. The standard InChI is InChI=1S/C19H24I/c1-14(2)15-6-10-17(11-7-15)20-18-12-8-16(9-13-18)19(3,4)5/h6-14H,1-5H3/q-1. The molecule has 1 heteroatoms. The number of halogens is 1. The van der Waals surface area contributed by atoms with E-state index in [1.807, 2.05) is 0 Å². The summed E-state index contributed by atoms with van der Waals surface area (Å²) in [4.78, 5) is 0. The van der Waals surface area contributed by atoms with E-state index in [0.717, 1.165) is 0 Å². The van der Waals surface area contributed by atoms with Gasteiger partial charge in [-0.1, -0.05) is 0 Å². The van der Waals surface area contributed by atoms with Crippen LogP contribution in [0.5, 0.6) is 0 Å². The Morgan fingerprint density at radius 1 is 0.750 bits per heavy atom. The molecule has 0 nitrogen and oxygen atoms in total. The van der Waals surface area contributed by atoms with Gasteiger partial charge in [-0.05, 0) is 0 Å². The maximum atomic E-state index is 2.31. The average molecular weight is 379 g/mol. The molecule has 0 aromatic heterocycles. The molecule has 0 aliphatic carbocycles. The van der Waals surface area contributed by atoms with Crippen molar-refractivity contribution in [3.8, 4) is 0 Å². The van der Waals surface area contributed by atoms with Crippen LogP contribution >= 0.6 is 0 Å². The van der Waals surface area contributed by atoms with Crippen molar-refractivity contribution < 1.29 is 21.2 Å². The third kappa shape index (κ3) is 4.08. The van der Waals surface area contributed by atoms with Gasteiger partial charge in [-0.2, -0.15) is 0 Å². The summed E-state index contributed by atoms with van der Waals surface area (Å²) in [5.74, 6) is 0.619. The van der Waals surface area contributed by atoms with Gasteiger partial charge in [-0.3, -0.25) is 0 Å². The molecule has 2 aromatic carbocycles. The zero-order chi connectivity index (χ0) is 14.8. The van der Waals surface area contributed by atoms with Crippen molar-refractivity contribution in [3.05, 3.63) is 66.8 Å². The molecule has 2 rings (SSSR count). The molecule has 20 heavy (non-hydrogen) atoms. The SMILES string of the molecule is CC(C)c1ccc([I-]c2ccc(C(C)(C)C)cc2)cc1. The van der Waals surface area contributed by atoms with E-state index >= 15 is 0 Å². The van der Waals surface area contributed by atoms with E-state index < -0.39 is 0 Å². The van der Waals surface area contributed by atoms with Crippen molar-refractivity contribution in [2.24, 2.45) is 0 Å². The van der Waals surface area contributed by atoms with Crippen molar-refractivity contribution in [1.82, 2.24) is 0 Å². The Hall–Kier alpha value is -0.830. The summed E-state index contributed by atoms with van der Waals surface area (Å²) in [5, 5.41) is 0. The summed E-state index contributed by atoms with van der Waals surface area (Å²) in [7, 11) is 0. The van der Waals surface area contributed by atoms with Crippen LogP contribution in [-0.2, 0) is 5.41 Å². The van der Waals surface area contributed by atoms with E-state index in [4.69, 9.17) is 0 Å². The Kier molecular flexibility index (Phi) is 4.90. The summed E-state index contributed by atoms with van der Waals surface area (Å²) in [6, 6.07) is 18.4. The van der Waals surface area contributed by atoms with Crippen molar-refractivity contribution in [1.29, 1.82) is 0 Å². The number of benzene rings is 2. The monoisotopic (exact) mass is 379 g/mol. The quantitative estimate of drug-likeness (QED) is 0.718. The van der Waals surface area contributed by atoms with Gasteiger partial charge in [0.1, 0.15) is 0 Å². The molecular formula is C19H24I-. The summed E-state index contributed by atoms with van der Waals surface area (Å²) < 4.78 is 2.99. The molecule has 0 radical (unpaired) electrons. The molecule has 0 N–H and O–H groups in total. The molecule has 0 bridgehead atoms. The summed E-state index contributed by atoms with van der Waals surface area (Å²) in [5.41, 5.74) is 3.09. The molecule has 0 aliphatic heterocycles. The fourth-order valence-corrected chi connectivity index (χ4v) is 4.21. The van der Waals surface area contributed by atoms with E-state index in [1.54, 1.807) is 0 Å². The summed E-state index contributed by atoms with van der Waals surface area (Å²) in [6.45, 7) is 11.3. The Labute approximate surface area is 133 Å². The van der Waals surface area contributed by atoms with E-state index in [-0.39, 0.29) is 26.6 Å². The third-order valence-corrected chi connectivity index (χ3v) is 6.15. The first-order valence-electron chi connectivity index (χ1n) is 7.21. The van der Waals surface area contributed by atoms with E-state index in [0.29, 0.717) is 5.92 Å². The Balaban J connectivity index is 2.10. The third-order valence-electron chi connectivity index (χ3n) is 3.47. The van der Waals surface area contributed by atoms with Gasteiger partial charge in [0.25, 0.3) is 0 Å². The first-order chi connectivity index (χ1) is 9.36. The van der Waals surface area contributed by atoms with Crippen LogP contribution in [0.4, 0.5) is 0 Å². The van der Waals surface area contributed by atoms with Crippen LogP contribution in [0.3, 0.4) is 0 Å². The van der Waals surface area contributed by atoms with E-state index in [9.17, 15) is 0 Å². The van der Waals surface area contributed by atoms with Crippen LogP contribution in [0.1, 0.15) is 51.7 Å². The number of rotatable bonds is 3. The van der Waals surface area contributed by atoms with Crippen molar-refractivity contribution in [2.75, 3.05) is 0 Å². The van der Waals surface area contributed by atoms with Crippen LogP contribution < -0.4 is 21.2 Å². The Morgan fingerprint density at radius 2 is 1.20 bits per heavy atom. The van der Waals surface area contributed by atoms with Crippen LogP contribution in [-0.4, -0.2) is 0 Å². The molecule has 0 unspecified atom stereocenters. The van der Waals surface area contributed by atoms with Gasteiger partial charge in [0.15, 0.2) is 0 Å². The summed E-state index contributed by atoms with van der Waals surface area (Å²) in [6.07, 6.45) is 0. The predicted molar refractivity (Wildman–Crippen MR) is 83.1 cm³/mol. The molecular weight excluding hydrogens is 355 g/mol. The predicted octanol–water partition coefficient (Wildman–Crippen LogP) is 2.24. The van der Waals surface area contributed by atoms with Crippen LogP contribution in [0.2, 0.25) is 0 Å². The van der Waals surface area contributed by atoms with Gasteiger partial charge in [-0.15, -0.1) is 0 Å². The first kappa shape index (κ1) is 15.6. The molecule has 0 amide bonds. The topological polar surface area (TPSA) is 0 Å². The van der Waals surface area contributed by atoms with E-state index in [1.165, 1.54) is 18.3 Å². The van der Waals surface area contributed by atoms with Crippen LogP contribution in [0.25, 0.3) is 0 Å². The number of hydrogen-bond donors (Lipinski definition) is 0. The zero-order valence-electron chi connectivity index (χ0n) is 13.1. The van der Waals surface area contributed by atoms with Gasteiger partial charge < -0.3 is 0 Å². The second-order valence-corrected chi connectivity index (χ2v) is 9.59. The first-order valence-corrected chi connectivity index (χ1v) is 9.37. The van der Waals surface area contributed by atoms with Crippen molar-refractivity contribution in [3.63, 3.8) is 0 Å². The fourth-order valence-electron chi connectivity index (χ4n) is 2.05. The Morgan fingerprint density at radius 3 is 1.60 bits per heavy atom. The van der Waals surface area contributed by atoms with Gasteiger partial charge in [-0.25, -0.2) is 0 Å². The van der Waals surface area contributed by atoms with Gasteiger partial charge in [0.2, 0.25) is 0 Å². The van der Waals surface area contributed by atoms with Gasteiger partial charge in [0, 0.05) is 0 Å². The molecule has 0 spiro atoms. The fraction of sp³-hybridized carbons (Fsp3) is 0.368. The molecule has 0 saturated carbocycles. The van der Waals surface area contributed by atoms with Crippen LogP contribution in [0.15, 0.2) is 48.5 Å². The van der Waals surface area contributed by atoms with Crippen LogP contribution in [0, 0.1) is 7.14 Å². The van der Waals surface area contributed by atoms with Gasteiger partial charge in [0.05, 0.1) is 0 Å². The van der Waals surface area contributed by atoms with Gasteiger partial charge >= 0.3 is 134 Å². The van der Waals surface area contributed by atoms with Crippen molar-refractivity contribution >= 4 is 0 Å². The minimum absolute atomic E-state index is 0.0534. The molecule has 2 aromatic rings. The molecule has 0 fully saturated rings. The number of hydrogen-bond acceptors (Lipinski definition) is 0. The van der Waals surface area contributed by atoms with Crippen molar-refractivity contribution in [2.45, 2.75) is 46.0 Å². The molecule has 0 aliphatic rings. The second kappa shape index (κ2) is 6.30. The molecule has 0 saturated heterocycles. The second-order valence-electron chi connectivity index (χ2n) is 6.56. The molecule has 0 atom stereocenters. The minimum atomic E-state index is -0.0534. The maximum absolute atomic E-state index is 2.31. The average Bonchev–Trinajstić information content (AvgIpc) is 2.39. The Bertz CT molecular complexity index is 542. The summed E-state index contributed by atoms with van der Waals surface area (Å²) >= 11 is -0.0534. The molecule has 108 valence electrons.